The van der Waals surface area contributed by atoms with Crippen LogP contribution in [0.4, 0.5) is 10.1 Å². The van der Waals surface area contributed by atoms with Crippen LogP contribution < -0.4 is 10.6 Å². The van der Waals surface area contributed by atoms with Crippen LogP contribution in [0.1, 0.15) is 30.7 Å². The number of hydrogen-bond donors (Lipinski definition) is 2. The zero-order valence-electron chi connectivity index (χ0n) is 22.4. The number of benzene rings is 3. The average Bonchev–Trinajstić information content (AvgIpc) is 3.38. The van der Waals surface area contributed by atoms with E-state index in [9.17, 15) is 9.18 Å². The Bertz CT molecular complexity index is 1600. The summed E-state index contributed by atoms with van der Waals surface area (Å²) in [5, 5.41) is 16.4. The molecule has 0 aliphatic heterocycles. The third kappa shape index (κ3) is 8.04. The molecule has 11 heteroatoms. The number of carbonyl (C=O) groups is 1. The summed E-state index contributed by atoms with van der Waals surface area (Å²) in [6.07, 6.45) is 3.34. The van der Waals surface area contributed by atoms with E-state index in [1.807, 2.05) is 24.8 Å². The number of imidazole rings is 1. The zero-order valence-corrected chi connectivity index (χ0v) is 24.7. The molecular formula is C30H27Cl2FN6OS. The number of anilines is 1. The normalized spacial score (nSPS) is 11.0. The number of thiocarbonyl (C=S) groups is 1. The molecule has 0 saturated heterocycles. The minimum absolute atomic E-state index is 0.0789. The summed E-state index contributed by atoms with van der Waals surface area (Å²) in [5.41, 5.74) is 2.53. The van der Waals surface area contributed by atoms with Crippen molar-refractivity contribution >= 4 is 52.1 Å². The minimum Gasteiger partial charge on any atom is -0.349 e. The fraction of sp³-hybridized carbons (Fsp3) is 0.200. The van der Waals surface area contributed by atoms with E-state index in [1.165, 1.54) is 12.1 Å². The Kier molecular flexibility index (Phi) is 9.61. The van der Waals surface area contributed by atoms with Gasteiger partial charge in [0.1, 0.15) is 5.82 Å². The maximum Gasteiger partial charge on any atom is 0.226 e. The fourth-order valence-electron chi connectivity index (χ4n) is 4.33. The van der Waals surface area contributed by atoms with Gasteiger partial charge in [-0.05, 0) is 80.2 Å². The van der Waals surface area contributed by atoms with E-state index in [0.29, 0.717) is 45.2 Å². The number of carbonyl (C=O) groups excluding carboxylic acids is 1. The third-order valence-electron chi connectivity index (χ3n) is 6.15. The summed E-state index contributed by atoms with van der Waals surface area (Å²) >= 11 is 18.4. The van der Waals surface area contributed by atoms with Gasteiger partial charge >= 0.3 is 0 Å². The van der Waals surface area contributed by atoms with Crippen LogP contribution in [-0.4, -0.2) is 37.6 Å². The van der Waals surface area contributed by atoms with Gasteiger partial charge in [-0.25, -0.2) is 9.37 Å². The van der Waals surface area contributed by atoms with Crippen molar-refractivity contribution in [3.8, 4) is 11.8 Å². The molecule has 3 aromatic carbocycles. The molecule has 0 atom stereocenters. The molecule has 0 aliphatic rings. The number of nitrogens with one attached hydrogen (secondary N) is 2. The van der Waals surface area contributed by atoms with Crippen LogP contribution in [0.5, 0.6) is 0 Å². The first-order valence-electron chi connectivity index (χ1n) is 12.6. The highest BCUT2D eigenvalue weighted by Gasteiger charge is 2.27. The molecule has 1 amide bonds. The molecule has 2 N–H and O–H groups in total. The van der Waals surface area contributed by atoms with E-state index in [0.717, 1.165) is 11.3 Å². The number of rotatable bonds is 9. The lowest BCUT2D eigenvalue weighted by Crippen LogP contribution is -2.53. The van der Waals surface area contributed by atoms with Crippen LogP contribution in [0.3, 0.4) is 0 Å². The second-order valence-electron chi connectivity index (χ2n) is 10.0. The molecule has 0 radical (unpaired) electrons. The van der Waals surface area contributed by atoms with Gasteiger partial charge in [-0.1, -0.05) is 41.4 Å². The first-order chi connectivity index (χ1) is 19.5. The second-order valence-corrected chi connectivity index (χ2v) is 11.2. The number of halogens is 3. The van der Waals surface area contributed by atoms with Crippen molar-refractivity contribution in [2.75, 3.05) is 11.9 Å². The highest BCUT2D eigenvalue weighted by molar-refractivity contribution is 7.80. The largest absolute Gasteiger partial charge is 0.349 e. The highest BCUT2D eigenvalue weighted by atomic mass is 35.5. The third-order valence-corrected chi connectivity index (χ3v) is 7.37. The summed E-state index contributed by atoms with van der Waals surface area (Å²) in [4.78, 5) is 19.3. The molecule has 0 spiro atoms. The minimum atomic E-state index is -0.741. The molecule has 4 aromatic rings. The van der Waals surface area contributed by atoms with Crippen molar-refractivity contribution in [3.05, 3.63) is 112 Å². The summed E-state index contributed by atoms with van der Waals surface area (Å²) in [7, 11) is 0. The molecule has 41 heavy (non-hydrogen) atoms. The van der Waals surface area contributed by atoms with E-state index in [-0.39, 0.29) is 12.3 Å². The molecule has 210 valence electrons. The van der Waals surface area contributed by atoms with Gasteiger partial charge in [0, 0.05) is 30.7 Å². The average molecular weight is 610 g/mol. The summed E-state index contributed by atoms with van der Waals surface area (Å²) < 4.78 is 15.6. The summed E-state index contributed by atoms with van der Waals surface area (Å²) in [6.45, 7) is 4.38. The Labute approximate surface area is 253 Å². The Hall–Kier alpha value is -3.97. The molecule has 0 bridgehead atoms. The standard InChI is InChI=1S/C30H27Cl2FN6OS/c1-30(2,37-27(40)14-25-16-35-19-39(25)24-11-9-20(15-34)10-12-24)18-38(17-21-5-3-8-26(31)28(21)32)29(41)36-23-7-4-6-22(33)13-23/h3-13,16,19H,14,17-18H2,1-2H3,(H,36,41)(H,37,40). The van der Waals surface area contributed by atoms with Crippen LogP contribution in [0.15, 0.2) is 79.3 Å². The number of hydrogen-bond acceptors (Lipinski definition) is 4. The molecule has 1 aromatic heterocycles. The smallest absolute Gasteiger partial charge is 0.226 e. The van der Waals surface area contributed by atoms with Crippen LogP contribution in [0.25, 0.3) is 5.69 Å². The van der Waals surface area contributed by atoms with Gasteiger partial charge in [0.15, 0.2) is 5.11 Å². The van der Waals surface area contributed by atoms with Crippen molar-refractivity contribution in [2.24, 2.45) is 0 Å². The van der Waals surface area contributed by atoms with Gasteiger partial charge in [0.25, 0.3) is 0 Å². The Morgan fingerprint density at radius 2 is 1.88 bits per heavy atom. The van der Waals surface area contributed by atoms with Crippen LogP contribution in [-0.2, 0) is 17.8 Å². The zero-order chi connectivity index (χ0) is 29.6. The summed E-state index contributed by atoms with van der Waals surface area (Å²) in [6, 6.07) is 20.5. The Morgan fingerprint density at radius 1 is 1.15 bits per heavy atom. The fourth-order valence-corrected chi connectivity index (χ4v) is 4.96. The number of nitriles is 1. The molecule has 1 heterocycles. The van der Waals surface area contributed by atoms with Crippen LogP contribution in [0.2, 0.25) is 10.0 Å². The van der Waals surface area contributed by atoms with E-state index < -0.39 is 11.4 Å². The lowest BCUT2D eigenvalue weighted by molar-refractivity contribution is -0.122. The molecular weight excluding hydrogens is 582 g/mol. The molecule has 0 saturated carbocycles. The number of amides is 1. The predicted octanol–water partition coefficient (Wildman–Crippen LogP) is 6.53. The van der Waals surface area contributed by atoms with Crippen LogP contribution >= 0.6 is 35.4 Å². The number of nitrogens with zero attached hydrogens (tertiary/aromatic N) is 4. The van der Waals surface area contributed by atoms with E-state index in [1.54, 1.807) is 65.6 Å². The highest BCUT2D eigenvalue weighted by Crippen LogP contribution is 2.27. The van der Waals surface area contributed by atoms with E-state index in [4.69, 9.17) is 40.7 Å². The predicted molar refractivity (Wildman–Crippen MR) is 164 cm³/mol. The van der Waals surface area contributed by atoms with Gasteiger partial charge < -0.3 is 20.1 Å². The molecule has 0 unspecified atom stereocenters. The SMILES string of the molecule is CC(C)(CN(Cc1cccc(Cl)c1Cl)C(=S)Nc1cccc(F)c1)NC(=O)Cc1cncn1-c1ccc(C#N)cc1. The molecule has 4 rings (SSSR count). The van der Waals surface area contributed by atoms with Crippen molar-refractivity contribution in [3.63, 3.8) is 0 Å². The van der Waals surface area contributed by atoms with Gasteiger partial charge in [0.05, 0.1) is 45.7 Å². The Morgan fingerprint density at radius 3 is 2.59 bits per heavy atom. The monoisotopic (exact) mass is 608 g/mol. The Balaban J connectivity index is 1.50. The maximum atomic E-state index is 13.8. The van der Waals surface area contributed by atoms with Crippen LogP contribution in [0, 0.1) is 17.1 Å². The first-order valence-corrected chi connectivity index (χ1v) is 13.8. The van der Waals surface area contributed by atoms with Crippen molar-refractivity contribution < 1.29 is 9.18 Å². The first kappa shape index (κ1) is 30.0. The van der Waals surface area contributed by atoms with Crippen molar-refractivity contribution in [1.82, 2.24) is 19.8 Å². The quantitative estimate of drug-likeness (QED) is 0.210. The molecule has 0 fully saturated rings. The van der Waals surface area contributed by atoms with E-state index >= 15 is 0 Å². The summed E-state index contributed by atoms with van der Waals surface area (Å²) in [5.74, 6) is -0.606. The van der Waals surface area contributed by atoms with Gasteiger partial charge in [-0.15, -0.1) is 0 Å². The van der Waals surface area contributed by atoms with Crippen molar-refractivity contribution in [1.29, 1.82) is 5.26 Å². The lowest BCUT2D eigenvalue weighted by Gasteiger charge is -2.35. The van der Waals surface area contributed by atoms with Gasteiger partial charge in [-0.3, -0.25) is 4.79 Å². The topological polar surface area (TPSA) is 86.0 Å². The lowest BCUT2D eigenvalue weighted by atomic mass is 10.0. The van der Waals surface area contributed by atoms with Crippen molar-refractivity contribution in [2.45, 2.75) is 32.4 Å². The van der Waals surface area contributed by atoms with Gasteiger partial charge in [0.2, 0.25) is 5.91 Å². The second kappa shape index (κ2) is 13.1. The number of aromatic nitrogens is 2. The maximum absolute atomic E-state index is 13.8. The van der Waals surface area contributed by atoms with E-state index in [2.05, 4.69) is 21.7 Å². The molecule has 7 nitrogen and oxygen atoms in total. The molecule has 0 aliphatic carbocycles. The van der Waals surface area contributed by atoms with Gasteiger partial charge in [-0.2, -0.15) is 5.26 Å².